The highest BCUT2D eigenvalue weighted by atomic mass is 16.3. The number of hydrogen-bond acceptors (Lipinski definition) is 3. The molecule has 31 heavy (non-hydrogen) atoms. The first kappa shape index (κ1) is 30.5. The molecule has 0 fully saturated rings. The second-order valence-electron chi connectivity index (χ2n) is 9.37. The van der Waals surface area contributed by atoms with Crippen LogP contribution in [0.15, 0.2) is 12.3 Å². The lowest BCUT2D eigenvalue weighted by Crippen LogP contribution is -2.21. The Morgan fingerprint density at radius 3 is 1.19 bits per heavy atom. The van der Waals surface area contributed by atoms with Crippen LogP contribution in [0.2, 0.25) is 0 Å². The molecule has 0 rings (SSSR count). The van der Waals surface area contributed by atoms with Crippen LogP contribution in [0.1, 0.15) is 142 Å². The van der Waals surface area contributed by atoms with Crippen LogP contribution in [0.5, 0.6) is 0 Å². The van der Waals surface area contributed by atoms with Crippen molar-refractivity contribution in [1.29, 1.82) is 0 Å². The van der Waals surface area contributed by atoms with Crippen LogP contribution >= 0.6 is 0 Å². The molecule has 0 aromatic rings. The van der Waals surface area contributed by atoms with Crippen LogP contribution < -0.4 is 0 Å². The van der Waals surface area contributed by atoms with E-state index in [1.165, 1.54) is 116 Å². The van der Waals surface area contributed by atoms with E-state index in [-0.39, 0.29) is 13.2 Å². The van der Waals surface area contributed by atoms with Crippen molar-refractivity contribution < 1.29 is 10.2 Å². The second kappa shape index (κ2) is 27.5. The molecule has 0 atom stereocenters. The van der Waals surface area contributed by atoms with Crippen molar-refractivity contribution in [3.05, 3.63) is 12.3 Å². The topological polar surface area (TPSA) is 43.7 Å². The molecule has 3 nitrogen and oxygen atoms in total. The SMILES string of the molecule is CCCCCCCCCCCCCCCCCCCCC=CN(CCCO)CCCO. The third kappa shape index (κ3) is 25.6. The van der Waals surface area contributed by atoms with Crippen LogP contribution in [0.25, 0.3) is 0 Å². The Bertz CT molecular complexity index is 338. The average molecular weight is 440 g/mol. The summed E-state index contributed by atoms with van der Waals surface area (Å²) in [6.45, 7) is 4.53. The normalized spacial score (nSPS) is 11.6. The van der Waals surface area contributed by atoms with Gasteiger partial charge in [-0.3, -0.25) is 0 Å². The molecule has 186 valence electrons. The zero-order valence-corrected chi connectivity index (χ0v) is 21.2. The standard InChI is InChI=1S/C28H57NO2/c1-2-3-4-5-6-7-8-9-10-11-12-13-14-15-16-17-18-19-20-21-24-29(25-22-27-30)26-23-28-31/h21,24,30-31H,2-20,22-23,25-28H2,1H3. The molecule has 0 bridgehead atoms. The average Bonchev–Trinajstić information content (AvgIpc) is 2.79. The number of aliphatic hydroxyl groups excluding tert-OH is 2. The lowest BCUT2D eigenvalue weighted by Gasteiger charge is -2.19. The van der Waals surface area contributed by atoms with Gasteiger partial charge in [-0.2, -0.15) is 0 Å². The summed E-state index contributed by atoms with van der Waals surface area (Å²) < 4.78 is 0. The monoisotopic (exact) mass is 439 g/mol. The predicted molar refractivity (Wildman–Crippen MR) is 138 cm³/mol. The lowest BCUT2D eigenvalue weighted by atomic mass is 10.0. The van der Waals surface area contributed by atoms with E-state index in [2.05, 4.69) is 24.1 Å². The number of aliphatic hydroxyl groups is 2. The first-order chi connectivity index (χ1) is 15.3. The fourth-order valence-electron chi connectivity index (χ4n) is 4.20. The van der Waals surface area contributed by atoms with Crippen molar-refractivity contribution in [2.75, 3.05) is 26.3 Å². The lowest BCUT2D eigenvalue weighted by molar-refractivity contribution is 0.236. The van der Waals surface area contributed by atoms with Crippen molar-refractivity contribution in [1.82, 2.24) is 4.90 Å². The van der Waals surface area contributed by atoms with Gasteiger partial charge in [-0.25, -0.2) is 0 Å². The molecule has 0 radical (unpaired) electrons. The van der Waals surface area contributed by atoms with Crippen molar-refractivity contribution in [3.8, 4) is 0 Å². The fourth-order valence-corrected chi connectivity index (χ4v) is 4.20. The summed E-state index contributed by atoms with van der Waals surface area (Å²) in [5.74, 6) is 0. The first-order valence-electron chi connectivity index (χ1n) is 14.0. The van der Waals surface area contributed by atoms with Gasteiger partial charge < -0.3 is 15.1 Å². The molecule has 0 saturated carbocycles. The Balaban J connectivity index is 3.28. The van der Waals surface area contributed by atoms with Crippen LogP contribution in [0.3, 0.4) is 0 Å². The van der Waals surface area contributed by atoms with Crippen molar-refractivity contribution in [2.45, 2.75) is 142 Å². The van der Waals surface area contributed by atoms with E-state index in [9.17, 15) is 0 Å². The molecule has 0 aromatic carbocycles. The van der Waals surface area contributed by atoms with Gasteiger partial charge in [0.25, 0.3) is 0 Å². The van der Waals surface area contributed by atoms with E-state index in [4.69, 9.17) is 10.2 Å². The maximum absolute atomic E-state index is 8.98. The largest absolute Gasteiger partial charge is 0.396 e. The Labute approximate surface area is 195 Å². The molecular weight excluding hydrogens is 382 g/mol. The third-order valence-corrected chi connectivity index (χ3v) is 6.25. The van der Waals surface area contributed by atoms with Crippen LogP contribution in [0.4, 0.5) is 0 Å². The van der Waals surface area contributed by atoms with E-state index >= 15 is 0 Å². The molecule has 0 spiro atoms. The Hall–Kier alpha value is -0.540. The maximum atomic E-state index is 8.98. The molecule has 0 aliphatic heterocycles. The van der Waals surface area contributed by atoms with Gasteiger partial charge in [0.05, 0.1) is 0 Å². The number of rotatable bonds is 26. The molecule has 2 N–H and O–H groups in total. The predicted octanol–water partition coefficient (Wildman–Crippen LogP) is 8.00. The highest BCUT2D eigenvalue weighted by Gasteiger charge is 1.98. The smallest absolute Gasteiger partial charge is 0.0447 e. The summed E-state index contributed by atoms with van der Waals surface area (Å²) in [6, 6.07) is 0. The van der Waals surface area contributed by atoms with Crippen LogP contribution in [0, 0.1) is 0 Å². The number of nitrogens with zero attached hydrogens (tertiary/aromatic N) is 1. The molecule has 0 heterocycles. The highest BCUT2D eigenvalue weighted by molar-refractivity contribution is 4.82. The summed E-state index contributed by atoms with van der Waals surface area (Å²) in [5, 5.41) is 18.0. The van der Waals surface area contributed by atoms with Crippen LogP contribution in [-0.4, -0.2) is 41.4 Å². The van der Waals surface area contributed by atoms with Crippen LogP contribution in [-0.2, 0) is 0 Å². The molecule has 0 amide bonds. The van der Waals surface area contributed by atoms with Gasteiger partial charge in [-0.05, 0) is 31.9 Å². The van der Waals surface area contributed by atoms with Crippen molar-refractivity contribution >= 4 is 0 Å². The summed E-state index contributed by atoms with van der Waals surface area (Å²) in [5.41, 5.74) is 0. The molecule has 0 aliphatic carbocycles. The molecule has 0 aliphatic rings. The minimum absolute atomic E-state index is 0.239. The summed E-state index contributed by atoms with van der Waals surface area (Å²) in [6.07, 6.45) is 32.8. The van der Waals surface area contributed by atoms with Gasteiger partial charge in [0.15, 0.2) is 0 Å². The summed E-state index contributed by atoms with van der Waals surface area (Å²) in [4.78, 5) is 2.22. The minimum atomic E-state index is 0.239. The Morgan fingerprint density at radius 2 is 0.839 bits per heavy atom. The zero-order valence-electron chi connectivity index (χ0n) is 21.2. The van der Waals surface area contributed by atoms with Crippen molar-refractivity contribution in [2.24, 2.45) is 0 Å². The summed E-state index contributed by atoms with van der Waals surface area (Å²) in [7, 11) is 0. The molecular formula is C28H57NO2. The quantitative estimate of drug-likeness (QED) is 0.134. The maximum Gasteiger partial charge on any atom is 0.0447 e. The van der Waals surface area contributed by atoms with E-state index in [1.807, 2.05) is 0 Å². The Morgan fingerprint density at radius 1 is 0.484 bits per heavy atom. The minimum Gasteiger partial charge on any atom is -0.396 e. The summed E-state index contributed by atoms with van der Waals surface area (Å²) >= 11 is 0. The van der Waals surface area contributed by atoms with Gasteiger partial charge in [0.1, 0.15) is 0 Å². The van der Waals surface area contributed by atoms with Crippen molar-refractivity contribution in [3.63, 3.8) is 0 Å². The van der Waals surface area contributed by atoms with Gasteiger partial charge in [-0.15, -0.1) is 0 Å². The van der Waals surface area contributed by atoms with E-state index < -0.39 is 0 Å². The molecule has 0 aromatic heterocycles. The first-order valence-corrected chi connectivity index (χ1v) is 14.0. The number of unbranched alkanes of at least 4 members (excludes halogenated alkanes) is 18. The highest BCUT2D eigenvalue weighted by Crippen LogP contribution is 2.14. The van der Waals surface area contributed by atoms with Gasteiger partial charge in [0, 0.05) is 26.3 Å². The second-order valence-corrected chi connectivity index (χ2v) is 9.37. The van der Waals surface area contributed by atoms with Gasteiger partial charge in [0.2, 0.25) is 0 Å². The molecule has 3 heteroatoms. The Kier molecular flexibility index (Phi) is 27.0. The van der Waals surface area contributed by atoms with E-state index in [0.29, 0.717) is 0 Å². The number of allylic oxidation sites excluding steroid dienone is 1. The van der Waals surface area contributed by atoms with E-state index in [0.717, 1.165) is 32.4 Å². The fraction of sp³-hybridized carbons (Fsp3) is 0.929. The van der Waals surface area contributed by atoms with Gasteiger partial charge >= 0.3 is 0 Å². The molecule has 0 unspecified atom stereocenters. The third-order valence-electron chi connectivity index (χ3n) is 6.25. The van der Waals surface area contributed by atoms with Gasteiger partial charge in [-0.1, -0.05) is 122 Å². The number of hydrogen-bond donors (Lipinski definition) is 2. The zero-order chi connectivity index (χ0) is 22.7. The van der Waals surface area contributed by atoms with E-state index in [1.54, 1.807) is 0 Å². The molecule has 0 saturated heterocycles.